The van der Waals surface area contributed by atoms with Crippen molar-refractivity contribution in [2.45, 2.75) is 31.7 Å². The van der Waals surface area contributed by atoms with E-state index in [1.807, 2.05) is 19.1 Å². The molecule has 36 heavy (non-hydrogen) atoms. The summed E-state index contributed by atoms with van der Waals surface area (Å²) in [4.78, 5) is 21.3. The van der Waals surface area contributed by atoms with E-state index in [2.05, 4.69) is 25.1 Å². The van der Waals surface area contributed by atoms with Crippen molar-refractivity contribution in [3.63, 3.8) is 0 Å². The number of carbonyl (C=O) groups excluding carboxylic acids is 1. The first kappa shape index (κ1) is 26.1. The lowest BCUT2D eigenvalue weighted by Crippen LogP contribution is -2.37. The molecular weight excluding hydrogens is 529 g/mol. The molecule has 9 nitrogen and oxygen atoms in total. The Morgan fingerprint density at radius 1 is 1.33 bits per heavy atom. The van der Waals surface area contributed by atoms with Gasteiger partial charge in [0.25, 0.3) is 0 Å². The quantitative estimate of drug-likeness (QED) is 0.338. The molecule has 0 saturated heterocycles. The van der Waals surface area contributed by atoms with Crippen molar-refractivity contribution >= 4 is 50.6 Å². The number of carbonyl (C=O) groups is 1. The summed E-state index contributed by atoms with van der Waals surface area (Å²) >= 11 is 8.05. The maximum absolute atomic E-state index is 14.6. The molecule has 2 heterocycles. The Morgan fingerprint density at radius 2 is 2.08 bits per heavy atom. The van der Waals surface area contributed by atoms with E-state index in [9.17, 15) is 17.6 Å². The lowest BCUT2D eigenvalue weighted by molar-refractivity contribution is 0.168. The van der Waals surface area contributed by atoms with Gasteiger partial charge in [0, 0.05) is 30.3 Å². The standard InChI is InChI=1S/C23H25ClFN5O4S2/c1-12(28-23(31)34-2)11-27-18-8-14(6-7-26-18)21-20(29-22(35-21)13-4-5-13)16-9-15(25)10-17(19(16)24)30-36(3,32)33/h6-10,12-13,30H,4-5,11H2,1-3H3,(H,26,27)(H,28,31)/t12-/m0/s1. The highest BCUT2D eigenvalue weighted by Crippen LogP contribution is 2.49. The zero-order valence-corrected chi connectivity index (χ0v) is 22.2. The second-order valence-electron chi connectivity index (χ2n) is 8.54. The maximum Gasteiger partial charge on any atom is 0.407 e. The molecule has 3 N–H and O–H groups in total. The predicted octanol–water partition coefficient (Wildman–Crippen LogP) is 5.07. The van der Waals surface area contributed by atoms with Crippen LogP contribution in [0.25, 0.3) is 21.7 Å². The van der Waals surface area contributed by atoms with Crippen LogP contribution in [0.3, 0.4) is 0 Å². The van der Waals surface area contributed by atoms with Crippen LogP contribution in [0, 0.1) is 5.82 Å². The average Bonchev–Trinajstić information content (AvgIpc) is 3.57. The maximum atomic E-state index is 14.6. The van der Waals surface area contributed by atoms with Crippen molar-refractivity contribution in [1.29, 1.82) is 0 Å². The van der Waals surface area contributed by atoms with Gasteiger partial charge < -0.3 is 15.4 Å². The van der Waals surface area contributed by atoms with Gasteiger partial charge in [-0.3, -0.25) is 4.72 Å². The van der Waals surface area contributed by atoms with Crippen LogP contribution in [0.2, 0.25) is 5.02 Å². The van der Waals surface area contributed by atoms with Gasteiger partial charge in [-0.25, -0.2) is 27.6 Å². The monoisotopic (exact) mass is 553 g/mol. The van der Waals surface area contributed by atoms with Crippen molar-refractivity contribution < 1.29 is 22.3 Å². The Kier molecular flexibility index (Phi) is 7.67. The number of nitrogens with zero attached hydrogens (tertiary/aromatic N) is 2. The van der Waals surface area contributed by atoms with Crippen LogP contribution in [-0.2, 0) is 14.8 Å². The van der Waals surface area contributed by atoms with Gasteiger partial charge >= 0.3 is 6.09 Å². The van der Waals surface area contributed by atoms with E-state index in [0.717, 1.165) is 40.6 Å². The van der Waals surface area contributed by atoms with Crippen LogP contribution in [0.5, 0.6) is 0 Å². The molecule has 4 rings (SSSR count). The van der Waals surface area contributed by atoms with Crippen molar-refractivity contribution in [3.05, 3.63) is 46.3 Å². The van der Waals surface area contributed by atoms with E-state index >= 15 is 0 Å². The normalized spacial score (nSPS) is 14.2. The first-order valence-electron chi connectivity index (χ1n) is 11.1. The number of methoxy groups -OCH3 is 1. The molecule has 1 fully saturated rings. The number of anilines is 2. The SMILES string of the molecule is COC(=O)N[C@@H](C)CNc1cc(-c2sc(C3CC3)nc2-c2cc(F)cc(NS(C)(=O)=O)c2Cl)ccn1. The van der Waals surface area contributed by atoms with Gasteiger partial charge in [0.05, 0.1) is 39.7 Å². The first-order valence-corrected chi connectivity index (χ1v) is 14.2. The molecule has 0 unspecified atom stereocenters. The second-order valence-corrected chi connectivity index (χ2v) is 11.7. The number of amides is 1. The summed E-state index contributed by atoms with van der Waals surface area (Å²) in [6.45, 7) is 2.23. The highest BCUT2D eigenvalue weighted by atomic mass is 35.5. The van der Waals surface area contributed by atoms with E-state index < -0.39 is 21.9 Å². The Bertz CT molecular complexity index is 1400. The third-order valence-corrected chi connectivity index (χ3v) is 7.58. The molecule has 1 aliphatic rings. The van der Waals surface area contributed by atoms with E-state index in [1.165, 1.54) is 24.5 Å². The molecule has 13 heteroatoms. The van der Waals surface area contributed by atoms with Crippen molar-refractivity contribution in [3.8, 4) is 21.7 Å². The molecule has 0 radical (unpaired) electrons. The number of halogens is 2. The number of alkyl carbamates (subject to hydrolysis) is 1. The van der Waals surface area contributed by atoms with Gasteiger partial charge in [0.15, 0.2) is 0 Å². The van der Waals surface area contributed by atoms with Crippen molar-refractivity contribution in [2.24, 2.45) is 0 Å². The van der Waals surface area contributed by atoms with E-state index in [-0.39, 0.29) is 16.8 Å². The highest BCUT2D eigenvalue weighted by molar-refractivity contribution is 7.92. The average molecular weight is 554 g/mol. The van der Waals surface area contributed by atoms with Crippen molar-refractivity contribution in [1.82, 2.24) is 15.3 Å². The summed E-state index contributed by atoms with van der Waals surface area (Å²) in [7, 11) is -2.37. The Labute approximate surface area is 217 Å². The number of ether oxygens (including phenoxy) is 1. The molecule has 1 aromatic carbocycles. The van der Waals surface area contributed by atoms with Gasteiger partial charge in [-0.05, 0) is 49.6 Å². The lowest BCUT2D eigenvalue weighted by atomic mass is 10.1. The third kappa shape index (κ3) is 6.42. The summed E-state index contributed by atoms with van der Waals surface area (Å²) in [5, 5.41) is 6.83. The molecule has 0 bridgehead atoms. The predicted molar refractivity (Wildman–Crippen MR) is 140 cm³/mol. The Hall–Kier alpha value is -2.96. The highest BCUT2D eigenvalue weighted by Gasteiger charge is 2.30. The number of sulfonamides is 1. The number of aromatic nitrogens is 2. The number of rotatable bonds is 9. The van der Waals surface area contributed by atoms with Crippen molar-refractivity contribution in [2.75, 3.05) is 29.9 Å². The minimum atomic E-state index is -3.67. The van der Waals surface area contributed by atoms with Crippen LogP contribution in [0.15, 0.2) is 30.5 Å². The molecule has 2 aromatic heterocycles. The third-order valence-electron chi connectivity index (χ3n) is 5.32. The smallest absolute Gasteiger partial charge is 0.407 e. The molecule has 0 spiro atoms. The van der Waals surface area contributed by atoms with Gasteiger partial charge in [-0.1, -0.05) is 11.6 Å². The van der Waals surface area contributed by atoms with E-state index in [4.69, 9.17) is 16.6 Å². The van der Waals surface area contributed by atoms with Crippen LogP contribution in [0.1, 0.15) is 30.7 Å². The van der Waals surface area contributed by atoms with Crippen LogP contribution < -0.4 is 15.4 Å². The summed E-state index contributed by atoms with van der Waals surface area (Å²) in [5.74, 6) is 0.271. The topological polar surface area (TPSA) is 122 Å². The number of pyridine rings is 1. The first-order chi connectivity index (χ1) is 17.0. The Balaban J connectivity index is 1.70. The zero-order chi connectivity index (χ0) is 26.0. The van der Waals surface area contributed by atoms with Crippen LogP contribution in [-0.4, -0.2) is 50.4 Å². The van der Waals surface area contributed by atoms with Gasteiger partial charge in [0.1, 0.15) is 11.6 Å². The molecule has 1 aliphatic carbocycles. The molecular formula is C23H25ClFN5O4S2. The van der Waals surface area contributed by atoms with Gasteiger partial charge in [-0.2, -0.15) is 0 Å². The fourth-order valence-corrected chi connectivity index (χ4v) is 5.60. The summed E-state index contributed by atoms with van der Waals surface area (Å²) in [5.41, 5.74) is 1.51. The molecule has 1 atom stereocenters. The number of nitrogens with one attached hydrogen (secondary N) is 3. The van der Waals surface area contributed by atoms with E-state index in [1.54, 1.807) is 6.20 Å². The zero-order valence-electron chi connectivity index (χ0n) is 19.8. The van der Waals surface area contributed by atoms with E-state index in [0.29, 0.717) is 29.5 Å². The minimum absolute atomic E-state index is 0.0507. The fraction of sp³-hybridized carbons (Fsp3) is 0.348. The molecule has 1 saturated carbocycles. The van der Waals surface area contributed by atoms with Crippen LogP contribution >= 0.6 is 22.9 Å². The number of hydrogen-bond acceptors (Lipinski definition) is 8. The largest absolute Gasteiger partial charge is 0.453 e. The fourth-order valence-electron chi connectivity index (χ4n) is 3.49. The number of hydrogen-bond donors (Lipinski definition) is 3. The molecule has 1 amide bonds. The summed E-state index contributed by atoms with van der Waals surface area (Å²) in [6, 6.07) is 5.74. The summed E-state index contributed by atoms with van der Waals surface area (Å²) < 4.78 is 45.0. The Morgan fingerprint density at radius 3 is 2.75 bits per heavy atom. The summed E-state index contributed by atoms with van der Waals surface area (Å²) in [6.07, 6.45) is 4.14. The van der Waals surface area contributed by atoms with Gasteiger partial charge in [0.2, 0.25) is 10.0 Å². The molecule has 0 aliphatic heterocycles. The minimum Gasteiger partial charge on any atom is -0.453 e. The van der Waals surface area contributed by atoms with Gasteiger partial charge in [-0.15, -0.1) is 11.3 Å². The van der Waals surface area contributed by atoms with Crippen LogP contribution in [0.4, 0.5) is 20.7 Å². The number of benzene rings is 1. The lowest BCUT2D eigenvalue weighted by Gasteiger charge is -2.14. The second kappa shape index (κ2) is 10.6. The molecule has 192 valence electrons. The molecule has 3 aromatic rings. The number of thiazole rings is 1.